The SMILES string of the molecule is CCC(C)Cc1cc2c3c4[n+](ccc3c1F)C(C)C(CC)(CC)c1ccc(F)c(c1-4)C2(C)C. The highest BCUT2D eigenvalue weighted by Gasteiger charge is 2.53. The van der Waals surface area contributed by atoms with Gasteiger partial charge >= 0.3 is 0 Å². The standard InChI is InChI=1S/C30H36F2N/c1-8-17(4)15-19-16-22-24-20(27(19)32)13-14-33-18(5)30(9-2,10-3)21-11-12-23(31)26(29(22,6)7)25(21)28(24)33/h11-14,16-18H,8-10,15H2,1-7H3/q+1. The smallest absolute Gasteiger partial charge is 0.207 e. The van der Waals surface area contributed by atoms with Crippen molar-refractivity contribution in [2.45, 2.75) is 91.0 Å². The molecule has 0 amide bonds. The predicted molar refractivity (Wildman–Crippen MR) is 132 cm³/mol. The van der Waals surface area contributed by atoms with E-state index in [9.17, 15) is 0 Å². The van der Waals surface area contributed by atoms with Gasteiger partial charge in [-0.3, -0.25) is 0 Å². The Bertz CT molecular complexity index is 1280. The minimum atomic E-state index is -0.550. The fourth-order valence-electron chi connectivity index (χ4n) is 6.94. The Labute approximate surface area is 196 Å². The third-order valence-electron chi connectivity index (χ3n) is 9.24. The second-order valence-electron chi connectivity index (χ2n) is 11.0. The molecule has 2 heterocycles. The maximum Gasteiger partial charge on any atom is 0.221 e. The van der Waals surface area contributed by atoms with Crippen LogP contribution in [0.3, 0.4) is 0 Å². The van der Waals surface area contributed by atoms with E-state index < -0.39 is 5.41 Å². The molecule has 3 heteroatoms. The Kier molecular flexibility index (Phi) is 5.01. The first-order valence-electron chi connectivity index (χ1n) is 12.7. The molecule has 0 spiro atoms. The number of benzene rings is 2. The van der Waals surface area contributed by atoms with E-state index >= 15 is 8.78 Å². The summed E-state index contributed by atoms with van der Waals surface area (Å²) < 4.78 is 34.0. The molecule has 2 aliphatic rings. The van der Waals surface area contributed by atoms with Crippen LogP contribution in [0.4, 0.5) is 8.78 Å². The lowest BCUT2D eigenvalue weighted by atomic mass is 9.60. The van der Waals surface area contributed by atoms with Crippen LogP contribution in [-0.4, -0.2) is 0 Å². The number of halogens is 2. The topological polar surface area (TPSA) is 3.88 Å². The van der Waals surface area contributed by atoms with Gasteiger partial charge in [0, 0.05) is 22.4 Å². The summed E-state index contributed by atoms with van der Waals surface area (Å²) in [6, 6.07) is 7.90. The Morgan fingerprint density at radius 1 is 1.03 bits per heavy atom. The molecule has 2 atom stereocenters. The molecule has 3 aromatic rings. The molecule has 2 unspecified atom stereocenters. The van der Waals surface area contributed by atoms with Gasteiger partial charge in [0.25, 0.3) is 0 Å². The molecule has 1 aliphatic heterocycles. The van der Waals surface area contributed by atoms with Crippen LogP contribution in [0.25, 0.3) is 22.0 Å². The molecule has 2 aromatic carbocycles. The molecule has 1 aliphatic carbocycles. The number of rotatable bonds is 5. The Morgan fingerprint density at radius 3 is 2.36 bits per heavy atom. The zero-order valence-corrected chi connectivity index (χ0v) is 21.1. The average molecular weight is 449 g/mol. The summed E-state index contributed by atoms with van der Waals surface area (Å²) in [7, 11) is 0. The van der Waals surface area contributed by atoms with Crippen LogP contribution in [0.2, 0.25) is 0 Å². The number of pyridine rings is 1. The fourth-order valence-corrected chi connectivity index (χ4v) is 6.94. The van der Waals surface area contributed by atoms with Gasteiger partial charge in [0.15, 0.2) is 12.2 Å². The summed E-state index contributed by atoms with van der Waals surface area (Å²) in [5.41, 5.74) is 5.19. The van der Waals surface area contributed by atoms with Crippen molar-refractivity contribution >= 4 is 10.8 Å². The highest BCUT2D eigenvalue weighted by molar-refractivity contribution is 6.02. The van der Waals surface area contributed by atoms with Crippen molar-refractivity contribution < 1.29 is 13.3 Å². The van der Waals surface area contributed by atoms with Gasteiger partial charge in [-0.05, 0) is 54.9 Å². The molecule has 5 rings (SSSR count). The lowest BCUT2D eigenvalue weighted by molar-refractivity contribution is -0.720. The summed E-state index contributed by atoms with van der Waals surface area (Å²) in [6.07, 6.45) is 5.71. The fraction of sp³-hybridized carbons (Fsp3) is 0.500. The normalized spacial score (nSPS) is 20.2. The van der Waals surface area contributed by atoms with Gasteiger partial charge in [-0.1, -0.05) is 60.1 Å². The van der Waals surface area contributed by atoms with Crippen molar-refractivity contribution in [2.24, 2.45) is 5.92 Å². The number of hydrogen-bond acceptors (Lipinski definition) is 0. The van der Waals surface area contributed by atoms with E-state index in [1.165, 1.54) is 5.56 Å². The maximum atomic E-state index is 15.9. The van der Waals surface area contributed by atoms with Crippen LogP contribution in [-0.2, 0) is 17.3 Å². The van der Waals surface area contributed by atoms with E-state index in [0.29, 0.717) is 17.7 Å². The minimum Gasteiger partial charge on any atom is -0.207 e. The molecule has 0 saturated carbocycles. The van der Waals surface area contributed by atoms with Gasteiger partial charge in [0.2, 0.25) is 5.69 Å². The third-order valence-corrected chi connectivity index (χ3v) is 9.24. The van der Waals surface area contributed by atoms with Gasteiger partial charge in [-0.25, -0.2) is 8.78 Å². The summed E-state index contributed by atoms with van der Waals surface area (Å²) in [6.45, 7) is 15.3. The van der Waals surface area contributed by atoms with Gasteiger partial charge < -0.3 is 0 Å². The summed E-state index contributed by atoms with van der Waals surface area (Å²) >= 11 is 0. The molecule has 0 fully saturated rings. The zero-order chi connectivity index (χ0) is 23.9. The maximum absolute atomic E-state index is 15.9. The molecule has 0 saturated heterocycles. The van der Waals surface area contributed by atoms with Crippen molar-refractivity contribution in [3.05, 3.63) is 64.4 Å². The predicted octanol–water partition coefficient (Wildman–Crippen LogP) is 7.93. The first-order valence-corrected chi connectivity index (χ1v) is 12.7. The molecule has 1 aromatic heterocycles. The minimum absolute atomic E-state index is 0.0776. The van der Waals surface area contributed by atoms with Crippen LogP contribution >= 0.6 is 0 Å². The lowest BCUT2D eigenvalue weighted by Crippen LogP contribution is -2.55. The van der Waals surface area contributed by atoms with E-state index in [1.54, 1.807) is 6.07 Å². The molecule has 33 heavy (non-hydrogen) atoms. The Morgan fingerprint density at radius 2 is 1.73 bits per heavy atom. The van der Waals surface area contributed by atoms with Crippen LogP contribution in [0, 0.1) is 17.6 Å². The van der Waals surface area contributed by atoms with Crippen molar-refractivity contribution in [3.63, 3.8) is 0 Å². The molecule has 0 N–H and O–H groups in total. The molecular weight excluding hydrogens is 412 g/mol. The molecule has 174 valence electrons. The van der Waals surface area contributed by atoms with E-state index in [0.717, 1.165) is 52.6 Å². The number of hydrogen-bond donors (Lipinski definition) is 0. The third kappa shape index (κ3) is 2.71. The van der Waals surface area contributed by atoms with E-state index in [-0.39, 0.29) is 23.1 Å². The van der Waals surface area contributed by atoms with Crippen LogP contribution < -0.4 is 4.57 Å². The van der Waals surface area contributed by atoms with Crippen molar-refractivity contribution in [1.82, 2.24) is 0 Å². The van der Waals surface area contributed by atoms with Crippen LogP contribution in [0.5, 0.6) is 0 Å². The van der Waals surface area contributed by atoms with E-state index in [4.69, 9.17) is 0 Å². The molecule has 0 bridgehead atoms. The van der Waals surface area contributed by atoms with Crippen molar-refractivity contribution in [3.8, 4) is 11.3 Å². The quantitative estimate of drug-likeness (QED) is 0.349. The van der Waals surface area contributed by atoms with Gasteiger partial charge in [0.1, 0.15) is 11.6 Å². The number of aromatic nitrogens is 1. The Hall–Kier alpha value is -2.29. The largest absolute Gasteiger partial charge is 0.221 e. The summed E-state index contributed by atoms with van der Waals surface area (Å²) in [5.74, 6) is 0.134. The average Bonchev–Trinajstić information content (AvgIpc) is 2.80. The first kappa shape index (κ1) is 22.5. The summed E-state index contributed by atoms with van der Waals surface area (Å²) in [5, 5.41) is 1.65. The van der Waals surface area contributed by atoms with Gasteiger partial charge in [-0.2, -0.15) is 4.57 Å². The lowest BCUT2D eigenvalue weighted by Gasteiger charge is -2.44. The van der Waals surface area contributed by atoms with E-state index in [1.807, 2.05) is 18.2 Å². The first-order chi connectivity index (χ1) is 15.6. The van der Waals surface area contributed by atoms with Crippen molar-refractivity contribution in [1.29, 1.82) is 0 Å². The highest BCUT2D eigenvalue weighted by Crippen LogP contribution is 2.56. The highest BCUT2D eigenvalue weighted by atomic mass is 19.1. The zero-order valence-electron chi connectivity index (χ0n) is 21.1. The van der Waals surface area contributed by atoms with Crippen molar-refractivity contribution in [2.75, 3.05) is 0 Å². The van der Waals surface area contributed by atoms with Crippen LogP contribution in [0.15, 0.2) is 30.5 Å². The van der Waals surface area contributed by atoms with Crippen LogP contribution in [0.1, 0.15) is 96.0 Å². The second kappa shape index (κ2) is 7.35. The Balaban J connectivity index is 1.98. The van der Waals surface area contributed by atoms with Gasteiger partial charge in [-0.15, -0.1) is 0 Å². The monoisotopic (exact) mass is 448 g/mol. The molecule has 0 radical (unpaired) electrons. The van der Waals surface area contributed by atoms with Gasteiger partial charge in [0.05, 0.1) is 16.4 Å². The summed E-state index contributed by atoms with van der Waals surface area (Å²) in [4.78, 5) is 0. The second-order valence-corrected chi connectivity index (χ2v) is 11.0. The molecular formula is C30H36F2N+. The van der Waals surface area contributed by atoms with E-state index in [2.05, 4.69) is 59.2 Å². The molecule has 1 nitrogen and oxygen atoms in total. The number of nitrogens with zero attached hydrogens (tertiary/aromatic N) is 1.